The molecule has 0 spiro atoms. The van der Waals surface area contributed by atoms with Crippen molar-refractivity contribution in [3.05, 3.63) is 59.3 Å². The molecule has 1 N–H and O–H groups in total. The average Bonchev–Trinajstić information content (AvgIpc) is 3.39. The third kappa shape index (κ3) is 4.72. The van der Waals surface area contributed by atoms with E-state index in [1.165, 1.54) is 0 Å². The highest BCUT2D eigenvalue weighted by molar-refractivity contribution is 7.91. The molecule has 4 rings (SSSR count). The molecule has 0 radical (unpaired) electrons. The van der Waals surface area contributed by atoms with Gasteiger partial charge in [0.2, 0.25) is 12.7 Å². The van der Waals surface area contributed by atoms with Gasteiger partial charge in [-0.3, -0.25) is 4.79 Å². The maximum atomic E-state index is 12.9. The molecule has 2 aromatic carbocycles. The van der Waals surface area contributed by atoms with E-state index >= 15 is 0 Å². The van der Waals surface area contributed by atoms with Crippen molar-refractivity contribution in [2.24, 2.45) is 0 Å². The first-order valence-corrected chi connectivity index (χ1v) is 11.4. The molecule has 0 saturated carbocycles. The number of carbonyl (C=O) groups is 1. The van der Waals surface area contributed by atoms with E-state index in [9.17, 15) is 13.2 Å². The number of rotatable bonds is 7. The Hall–Kier alpha value is -3.33. The second-order valence-electron chi connectivity index (χ2n) is 7.35. The van der Waals surface area contributed by atoms with Crippen LogP contribution in [0.5, 0.6) is 11.5 Å². The Bertz CT molecular complexity index is 1230. The Kier molecular flexibility index (Phi) is 5.69. The molecule has 0 unspecified atom stereocenters. The molecule has 162 valence electrons. The molecule has 1 aliphatic rings. The van der Waals surface area contributed by atoms with Crippen LogP contribution in [-0.2, 0) is 21.2 Å². The van der Waals surface area contributed by atoms with Crippen molar-refractivity contribution in [1.82, 2.24) is 10.5 Å². The van der Waals surface area contributed by atoms with Crippen molar-refractivity contribution in [1.29, 1.82) is 0 Å². The first kappa shape index (κ1) is 20.9. The molecule has 0 saturated heterocycles. The minimum absolute atomic E-state index is 0.141. The van der Waals surface area contributed by atoms with Gasteiger partial charge >= 0.3 is 0 Å². The van der Waals surface area contributed by atoms with Gasteiger partial charge < -0.3 is 19.3 Å². The van der Waals surface area contributed by atoms with Crippen molar-refractivity contribution >= 4 is 15.7 Å². The largest absolute Gasteiger partial charge is 0.454 e. The Morgan fingerprint density at radius 3 is 2.65 bits per heavy atom. The van der Waals surface area contributed by atoms with E-state index in [2.05, 4.69) is 10.5 Å². The first-order chi connectivity index (χ1) is 14.8. The molecular formula is C22H22N2O6S. The summed E-state index contributed by atoms with van der Waals surface area (Å²) in [5.41, 5.74) is 2.78. The summed E-state index contributed by atoms with van der Waals surface area (Å²) in [5, 5.41) is 6.58. The highest BCUT2D eigenvalue weighted by Gasteiger charge is 2.21. The molecule has 9 heteroatoms. The summed E-state index contributed by atoms with van der Waals surface area (Å²) in [6.07, 6.45) is -0.141. The van der Waals surface area contributed by atoms with Crippen LogP contribution in [0.25, 0.3) is 11.3 Å². The summed E-state index contributed by atoms with van der Waals surface area (Å²) in [6.45, 7) is 3.97. The van der Waals surface area contributed by atoms with Crippen LogP contribution >= 0.6 is 0 Å². The number of sulfone groups is 1. The standard InChI is InChI=1S/C22H22N2O6S/c1-14-3-5-17(19-9-15(2)24-30-19)11-21(14)31(26,27)8-7-22(25)23-12-16-4-6-18-20(10-16)29-13-28-18/h3-6,9-11H,7-8,12-13H2,1-2H3,(H,23,25). The van der Waals surface area contributed by atoms with Gasteiger partial charge in [0.25, 0.3) is 0 Å². The summed E-state index contributed by atoms with van der Waals surface area (Å²) < 4.78 is 41.6. The van der Waals surface area contributed by atoms with Crippen LogP contribution < -0.4 is 14.8 Å². The molecule has 0 fully saturated rings. The second-order valence-corrected chi connectivity index (χ2v) is 9.42. The van der Waals surface area contributed by atoms with Crippen molar-refractivity contribution in [2.45, 2.75) is 31.7 Å². The number of ether oxygens (including phenoxy) is 2. The minimum atomic E-state index is -3.66. The van der Waals surface area contributed by atoms with Crippen LogP contribution in [0, 0.1) is 13.8 Å². The van der Waals surface area contributed by atoms with Gasteiger partial charge in [-0.15, -0.1) is 0 Å². The zero-order chi connectivity index (χ0) is 22.0. The molecule has 1 aromatic heterocycles. The smallest absolute Gasteiger partial charge is 0.231 e. The van der Waals surface area contributed by atoms with Crippen molar-refractivity contribution in [3.63, 3.8) is 0 Å². The summed E-state index contributed by atoms with van der Waals surface area (Å²) in [6, 6.07) is 12.2. The zero-order valence-electron chi connectivity index (χ0n) is 17.2. The number of fused-ring (bicyclic) bond motifs is 1. The number of aromatic nitrogens is 1. The number of nitrogens with zero attached hydrogens (tertiary/aromatic N) is 1. The Labute approximate surface area is 180 Å². The van der Waals surface area contributed by atoms with Crippen molar-refractivity contribution in [2.75, 3.05) is 12.5 Å². The van der Waals surface area contributed by atoms with E-state index in [1.807, 2.05) is 6.07 Å². The van der Waals surface area contributed by atoms with Gasteiger partial charge in [0.1, 0.15) is 0 Å². The third-order valence-electron chi connectivity index (χ3n) is 4.96. The van der Waals surface area contributed by atoms with E-state index in [-0.39, 0.29) is 36.3 Å². The van der Waals surface area contributed by atoms with Crippen LogP contribution in [0.2, 0.25) is 0 Å². The normalized spacial score (nSPS) is 12.7. The summed E-state index contributed by atoms with van der Waals surface area (Å²) in [4.78, 5) is 12.4. The monoisotopic (exact) mass is 442 g/mol. The Balaban J connectivity index is 1.39. The summed E-state index contributed by atoms with van der Waals surface area (Å²) >= 11 is 0. The highest BCUT2D eigenvalue weighted by Crippen LogP contribution is 2.32. The lowest BCUT2D eigenvalue weighted by atomic mass is 10.1. The number of carbonyl (C=O) groups excluding carboxylic acids is 1. The van der Waals surface area contributed by atoms with Gasteiger partial charge in [0.05, 0.1) is 16.3 Å². The van der Waals surface area contributed by atoms with Gasteiger partial charge in [-0.25, -0.2) is 8.42 Å². The number of amides is 1. The van der Waals surface area contributed by atoms with Crippen LogP contribution in [0.3, 0.4) is 0 Å². The molecule has 2 heterocycles. The molecule has 1 amide bonds. The van der Waals surface area contributed by atoms with Gasteiger partial charge in [-0.2, -0.15) is 0 Å². The van der Waals surface area contributed by atoms with Gasteiger partial charge in [-0.05, 0) is 43.2 Å². The predicted octanol–water partition coefficient (Wildman–Crippen LogP) is 3.17. The van der Waals surface area contributed by atoms with Crippen LogP contribution in [0.4, 0.5) is 0 Å². The van der Waals surface area contributed by atoms with Gasteiger partial charge in [0.15, 0.2) is 27.1 Å². The molecule has 8 nitrogen and oxygen atoms in total. The van der Waals surface area contributed by atoms with Crippen LogP contribution in [-0.4, -0.2) is 32.0 Å². The minimum Gasteiger partial charge on any atom is -0.454 e. The van der Waals surface area contributed by atoms with Crippen molar-refractivity contribution in [3.8, 4) is 22.8 Å². The first-order valence-electron chi connectivity index (χ1n) is 9.74. The van der Waals surface area contributed by atoms with E-state index < -0.39 is 9.84 Å². The second kappa shape index (κ2) is 8.43. The topological polar surface area (TPSA) is 108 Å². The lowest BCUT2D eigenvalue weighted by Crippen LogP contribution is -2.25. The van der Waals surface area contributed by atoms with E-state index in [4.69, 9.17) is 14.0 Å². The van der Waals surface area contributed by atoms with Crippen LogP contribution in [0.15, 0.2) is 51.9 Å². The molecule has 0 aliphatic carbocycles. The molecule has 3 aromatic rings. The quantitative estimate of drug-likeness (QED) is 0.599. The maximum Gasteiger partial charge on any atom is 0.231 e. The van der Waals surface area contributed by atoms with E-state index in [0.29, 0.717) is 34.1 Å². The Morgan fingerprint density at radius 2 is 1.87 bits per heavy atom. The summed E-state index contributed by atoms with van der Waals surface area (Å²) in [5.74, 6) is 1.15. The third-order valence-corrected chi connectivity index (χ3v) is 6.81. The number of benzene rings is 2. The highest BCUT2D eigenvalue weighted by atomic mass is 32.2. The van der Waals surface area contributed by atoms with E-state index in [0.717, 1.165) is 5.56 Å². The number of aryl methyl sites for hydroxylation is 2. The average molecular weight is 442 g/mol. The fourth-order valence-corrected chi connectivity index (χ4v) is 4.80. The lowest BCUT2D eigenvalue weighted by molar-refractivity contribution is -0.120. The fourth-order valence-electron chi connectivity index (χ4n) is 3.27. The maximum absolute atomic E-state index is 12.9. The predicted molar refractivity (Wildman–Crippen MR) is 112 cm³/mol. The van der Waals surface area contributed by atoms with Crippen LogP contribution in [0.1, 0.15) is 23.2 Å². The molecule has 0 bridgehead atoms. The molecular weight excluding hydrogens is 420 g/mol. The van der Waals surface area contributed by atoms with Gasteiger partial charge in [0, 0.05) is 24.6 Å². The van der Waals surface area contributed by atoms with Crippen molar-refractivity contribution < 1.29 is 27.2 Å². The number of hydrogen-bond acceptors (Lipinski definition) is 7. The lowest BCUT2D eigenvalue weighted by Gasteiger charge is -2.10. The number of hydrogen-bond donors (Lipinski definition) is 1. The summed E-state index contributed by atoms with van der Waals surface area (Å²) in [7, 11) is -3.66. The fraction of sp³-hybridized carbons (Fsp3) is 0.273. The van der Waals surface area contributed by atoms with Gasteiger partial charge in [-0.1, -0.05) is 23.4 Å². The zero-order valence-corrected chi connectivity index (χ0v) is 18.0. The Morgan fingerprint density at radius 1 is 1.06 bits per heavy atom. The molecule has 31 heavy (non-hydrogen) atoms. The molecule has 0 atom stereocenters. The SMILES string of the molecule is Cc1cc(-c2ccc(C)c(S(=O)(=O)CCC(=O)NCc3ccc4c(c3)OCO4)c2)on1. The van der Waals surface area contributed by atoms with E-state index in [1.54, 1.807) is 50.2 Å². The number of nitrogens with one attached hydrogen (secondary N) is 1. The molecule has 1 aliphatic heterocycles.